The van der Waals surface area contributed by atoms with Crippen molar-refractivity contribution in [3.05, 3.63) is 28.2 Å². The summed E-state index contributed by atoms with van der Waals surface area (Å²) in [5.41, 5.74) is 1.19. The summed E-state index contributed by atoms with van der Waals surface area (Å²) in [7, 11) is 0. The number of aliphatic hydroxyl groups excluding tert-OH is 1. The highest BCUT2D eigenvalue weighted by Crippen LogP contribution is 2.26. The fraction of sp³-hybridized carbons (Fsp3) is 0.571. The van der Waals surface area contributed by atoms with Crippen molar-refractivity contribution in [2.45, 2.75) is 26.5 Å². The summed E-state index contributed by atoms with van der Waals surface area (Å²) in [6.07, 6.45) is -0.603. The highest BCUT2D eigenvalue weighted by atomic mass is 79.9. The lowest BCUT2D eigenvalue weighted by molar-refractivity contribution is 0.0163. The Balaban J connectivity index is 2.45. The highest BCUT2D eigenvalue weighted by molar-refractivity contribution is 9.10. The number of ether oxygens (including phenoxy) is 2. The Morgan fingerprint density at radius 1 is 1.32 bits per heavy atom. The largest absolute Gasteiger partial charge is 0.490 e. The van der Waals surface area contributed by atoms with E-state index in [0.717, 1.165) is 23.3 Å². The number of halogens is 1. The Morgan fingerprint density at radius 2 is 2.11 bits per heavy atom. The normalized spacial score (nSPS) is 12.4. The minimum atomic E-state index is -0.603. The van der Waals surface area contributed by atoms with E-state index in [4.69, 9.17) is 9.47 Å². The fourth-order valence-electron chi connectivity index (χ4n) is 1.53. The minimum Gasteiger partial charge on any atom is -0.490 e. The Labute approximate surface area is 123 Å². The van der Waals surface area contributed by atoms with Gasteiger partial charge in [-0.2, -0.15) is 0 Å². The molecule has 0 saturated carbocycles. The summed E-state index contributed by atoms with van der Waals surface area (Å²) in [4.78, 5) is 0. The maximum atomic E-state index is 9.63. The lowest BCUT2D eigenvalue weighted by Gasteiger charge is -2.14. The van der Waals surface area contributed by atoms with E-state index in [-0.39, 0.29) is 6.61 Å². The molecule has 1 aromatic rings. The molecule has 19 heavy (non-hydrogen) atoms. The van der Waals surface area contributed by atoms with Crippen molar-refractivity contribution in [1.82, 2.24) is 5.32 Å². The number of nitrogens with one attached hydrogen (secondary N) is 1. The van der Waals surface area contributed by atoms with Crippen LogP contribution in [0.2, 0.25) is 0 Å². The molecule has 0 aliphatic heterocycles. The first-order valence-electron chi connectivity index (χ1n) is 6.55. The zero-order chi connectivity index (χ0) is 14.1. The van der Waals surface area contributed by atoms with Crippen molar-refractivity contribution in [1.29, 1.82) is 0 Å². The summed E-state index contributed by atoms with van der Waals surface area (Å²) in [5, 5.41) is 12.9. The van der Waals surface area contributed by atoms with Crippen LogP contribution in [-0.2, 0) is 11.3 Å². The summed E-state index contributed by atoms with van der Waals surface area (Å²) >= 11 is 3.48. The number of hydrogen-bond acceptors (Lipinski definition) is 4. The van der Waals surface area contributed by atoms with Crippen LogP contribution >= 0.6 is 15.9 Å². The third-order valence-electron chi connectivity index (χ3n) is 2.52. The van der Waals surface area contributed by atoms with Gasteiger partial charge in [-0.05, 0) is 47.1 Å². The molecule has 2 N–H and O–H groups in total. The Morgan fingerprint density at radius 3 is 2.74 bits per heavy atom. The van der Waals surface area contributed by atoms with Gasteiger partial charge in [0.05, 0.1) is 11.1 Å². The molecule has 0 aliphatic rings. The molecule has 0 spiro atoms. The molecule has 1 rings (SSSR count). The van der Waals surface area contributed by atoms with Gasteiger partial charge < -0.3 is 19.9 Å². The Kier molecular flexibility index (Phi) is 8.05. The van der Waals surface area contributed by atoms with Crippen LogP contribution in [0, 0.1) is 0 Å². The van der Waals surface area contributed by atoms with Crippen LogP contribution in [0.4, 0.5) is 0 Å². The van der Waals surface area contributed by atoms with Crippen LogP contribution in [0.15, 0.2) is 22.7 Å². The van der Waals surface area contributed by atoms with Crippen molar-refractivity contribution < 1.29 is 14.6 Å². The fourth-order valence-corrected chi connectivity index (χ4v) is 2.07. The van der Waals surface area contributed by atoms with Gasteiger partial charge in [0.15, 0.2) is 0 Å². The van der Waals surface area contributed by atoms with E-state index in [1.165, 1.54) is 5.56 Å². The third kappa shape index (κ3) is 6.38. The second-order valence-electron chi connectivity index (χ2n) is 4.17. The number of aliphatic hydroxyl groups is 1. The van der Waals surface area contributed by atoms with Gasteiger partial charge in [-0.25, -0.2) is 0 Å². The van der Waals surface area contributed by atoms with Crippen LogP contribution in [0.1, 0.15) is 19.4 Å². The van der Waals surface area contributed by atoms with Crippen molar-refractivity contribution in [2.24, 2.45) is 0 Å². The predicted molar refractivity (Wildman–Crippen MR) is 79.5 cm³/mol. The zero-order valence-electron chi connectivity index (χ0n) is 11.5. The molecule has 0 amide bonds. The smallest absolute Gasteiger partial charge is 0.133 e. The Bertz CT molecular complexity index is 374. The summed E-state index contributed by atoms with van der Waals surface area (Å²) in [6, 6.07) is 5.94. The molecular formula is C14H22BrNO3. The van der Waals surface area contributed by atoms with E-state index in [1.807, 2.05) is 25.1 Å². The molecule has 0 bridgehead atoms. The molecule has 108 valence electrons. The number of benzene rings is 1. The van der Waals surface area contributed by atoms with Gasteiger partial charge in [-0.15, -0.1) is 0 Å². The molecule has 1 aromatic carbocycles. The molecule has 0 heterocycles. The molecule has 0 aliphatic carbocycles. The molecule has 1 atom stereocenters. The lowest BCUT2D eigenvalue weighted by atomic mass is 10.2. The van der Waals surface area contributed by atoms with Crippen molar-refractivity contribution >= 4 is 15.9 Å². The van der Waals surface area contributed by atoms with E-state index < -0.39 is 6.10 Å². The summed E-state index contributed by atoms with van der Waals surface area (Å²) in [6.45, 7) is 6.87. The topological polar surface area (TPSA) is 50.7 Å². The van der Waals surface area contributed by atoms with E-state index >= 15 is 0 Å². The van der Waals surface area contributed by atoms with Gasteiger partial charge in [0, 0.05) is 13.2 Å². The van der Waals surface area contributed by atoms with Crippen molar-refractivity contribution in [3.63, 3.8) is 0 Å². The van der Waals surface area contributed by atoms with Crippen molar-refractivity contribution in [2.75, 3.05) is 26.4 Å². The van der Waals surface area contributed by atoms with Crippen LogP contribution in [0.5, 0.6) is 5.75 Å². The van der Waals surface area contributed by atoms with Crippen LogP contribution in [0.3, 0.4) is 0 Å². The monoisotopic (exact) mass is 331 g/mol. The van der Waals surface area contributed by atoms with Gasteiger partial charge in [0.25, 0.3) is 0 Å². The Hall–Kier alpha value is -0.620. The molecule has 5 heteroatoms. The first-order valence-corrected chi connectivity index (χ1v) is 7.34. The van der Waals surface area contributed by atoms with Gasteiger partial charge in [0.2, 0.25) is 0 Å². The highest BCUT2D eigenvalue weighted by Gasteiger charge is 2.07. The summed E-state index contributed by atoms with van der Waals surface area (Å²) < 4.78 is 11.6. The summed E-state index contributed by atoms with van der Waals surface area (Å²) in [5.74, 6) is 0.732. The maximum absolute atomic E-state index is 9.63. The van der Waals surface area contributed by atoms with Crippen molar-refractivity contribution in [3.8, 4) is 5.75 Å². The second kappa shape index (κ2) is 9.31. The zero-order valence-corrected chi connectivity index (χ0v) is 13.1. The van der Waals surface area contributed by atoms with Gasteiger partial charge in [0.1, 0.15) is 18.5 Å². The molecule has 0 fully saturated rings. The van der Waals surface area contributed by atoms with Crippen LogP contribution < -0.4 is 10.1 Å². The molecule has 4 nitrogen and oxygen atoms in total. The average Bonchev–Trinajstić information content (AvgIpc) is 2.41. The number of hydrogen-bond donors (Lipinski definition) is 2. The second-order valence-corrected chi connectivity index (χ2v) is 5.02. The van der Waals surface area contributed by atoms with E-state index in [9.17, 15) is 5.11 Å². The SMILES string of the molecule is CCNCc1ccc(OCC(O)COCC)c(Br)c1. The minimum absolute atomic E-state index is 0.227. The van der Waals surface area contributed by atoms with Crippen LogP contribution in [0.25, 0.3) is 0 Å². The first kappa shape index (κ1) is 16.4. The average molecular weight is 332 g/mol. The molecule has 0 saturated heterocycles. The van der Waals surface area contributed by atoms with E-state index in [1.54, 1.807) is 0 Å². The van der Waals surface area contributed by atoms with E-state index in [0.29, 0.717) is 13.2 Å². The maximum Gasteiger partial charge on any atom is 0.133 e. The molecule has 0 radical (unpaired) electrons. The molecular weight excluding hydrogens is 310 g/mol. The third-order valence-corrected chi connectivity index (χ3v) is 3.14. The van der Waals surface area contributed by atoms with Crippen LogP contribution in [-0.4, -0.2) is 37.6 Å². The van der Waals surface area contributed by atoms with Gasteiger partial charge >= 0.3 is 0 Å². The van der Waals surface area contributed by atoms with Gasteiger partial charge in [-0.1, -0.05) is 13.0 Å². The lowest BCUT2D eigenvalue weighted by Crippen LogP contribution is -2.23. The molecule has 0 aromatic heterocycles. The standard InChI is InChI=1S/C14H22BrNO3/c1-3-16-8-11-5-6-14(13(15)7-11)19-10-12(17)9-18-4-2/h5-7,12,16-17H,3-4,8-10H2,1-2H3. The van der Waals surface area contributed by atoms with Gasteiger partial charge in [-0.3, -0.25) is 0 Å². The predicted octanol–water partition coefficient (Wildman–Crippen LogP) is 2.33. The first-order chi connectivity index (χ1) is 9.17. The molecule has 1 unspecified atom stereocenters. The number of rotatable bonds is 9. The quantitative estimate of drug-likeness (QED) is 0.729. The van der Waals surface area contributed by atoms with E-state index in [2.05, 4.69) is 28.2 Å².